The van der Waals surface area contributed by atoms with Crippen molar-refractivity contribution in [2.45, 2.75) is 31.8 Å². The van der Waals surface area contributed by atoms with Crippen LogP contribution < -0.4 is 0 Å². The Morgan fingerprint density at radius 2 is 1.95 bits per heavy atom. The quantitative estimate of drug-likeness (QED) is 0.542. The summed E-state index contributed by atoms with van der Waals surface area (Å²) in [4.78, 5) is 36.9. The molecule has 0 saturated carbocycles. The van der Waals surface area contributed by atoms with Crippen molar-refractivity contribution in [2.24, 2.45) is 0 Å². The summed E-state index contributed by atoms with van der Waals surface area (Å²) in [7, 11) is 3.11. The number of rotatable bonds is 6. The summed E-state index contributed by atoms with van der Waals surface area (Å²) in [6.07, 6.45) is 5.58. The Labute approximate surface area is 119 Å². The third kappa shape index (κ3) is 5.42. The SMILES string of the molecule is CN(C)C(=O)OC(C=O)CCC=CC(=O)N1CCCC1. The predicted octanol–water partition coefficient (Wildman–Crippen LogP) is 1.21. The van der Waals surface area contributed by atoms with E-state index in [-0.39, 0.29) is 5.91 Å². The number of hydrogen-bond donors (Lipinski definition) is 0. The molecule has 0 radical (unpaired) electrons. The summed E-state index contributed by atoms with van der Waals surface area (Å²) in [6.45, 7) is 1.64. The molecule has 2 amide bonds. The number of nitrogens with zero attached hydrogens (tertiary/aromatic N) is 2. The standard InChI is InChI=1S/C14H22N2O4/c1-15(2)14(19)20-12(11-17)7-3-4-8-13(18)16-9-5-6-10-16/h4,8,11-12H,3,5-7,9-10H2,1-2H3. The van der Waals surface area contributed by atoms with Crippen molar-refractivity contribution in [3.63, 3.8) is 0 Å². The summed E-state index contributed by atoms with van der Waals surface area (Å²) in [5.74, 6) is 0.00967. The Morgan fingerprint density at radius 1 is 1.30 bits per heavy atom. The molecule has 0 spiro atoms. The highest BCUT2D eigenvalue weighted by atomic mass is 16.6. The fourth-order valence-corrected chi connectivity index (χ4v) is 1.88. The number of aldehydes is 1. The predicted molar refractivity (Wildman–Crippen MR) is 74.2 cm³/mol. The van der Waals surface area contributed by atoms with Crippen LogP contribution in [0.25, 0.3) is 0 Å². The van der Waals surface area contributed by atoms with Gasteiger partial charge >= 0.3 is 6.09 Å². The molecular formula is C14H22N2O4. The minimum atomic E-state index is -0.767. The number of ether oxygens (including phenoxy) is 1. The molecule has 1 saturated heterocycles. The van der Waals surface area contributed by atoms with Crippen molar-refractivity contribution in [1.82, 2.24) is 9.80 Å². The average Bonchev–Trinajstić information content (AvgIpc) is 2.95. The third-order valence-electron chi connectivity index (χ3n) is 3.07. The fraction of sp³-hybridized carbons (Fsp3) is 0.643. The van der Waals surface area contributed by atoms with Crippen LogP contribution in [-0.4, -0.2) is 61.4 Å². The van der Waals surface area contributed by atoms with Gasteiger partial charge in [-0.25, -0.2) is 4.79 Å². The molecule has 0 aromatic carbocycles. The highest BCUT2D eigenvalue weighted by molar-refractivity contribution is 5.87. The van der Waals surface area contributed by atoms with Crippen molar-refractivity contribution in [3.05, 3.63) is 12.2 Å². The zero-order valence-electron chi connectivity index (χ0n) is 12.1. The highest BCUT2D eigenvalue weighted by Crippen LogP contribution is 2.08. The monoisotopic (exact) mass is 282 g/mol. The summed E-state index contributed by atoms with van der Waals surface area (Å²) >= 11 is 0. The molecule has 0 bridgehead atoms. The zero-order valence-corrected chi connectivity index (χ0v) is 12.1. The van der Waals surface area contributed by atoms with Crippen molar-refractivity contribution in [1.29, 1.82) is 0 Å². The van der Waals surface area contributed by atoms with Gasteiger partial charge in [-0.05, 0) is 31.8 Å². The summed E-state index contributed by atoms with van der Waals surface area (Å²) in [5.41, 5.74) is 0. The van der Waals surface area contributed by atoms with Crippen LogP contribution in [0.5, 0.6) is 0 Å². The lowest BCUT2D eigenvalue weighted by molar-refractivity contribution is -0.125. The van der Waals surface area contributed by atoms with E-state index in [9.17, 15) is 14.4 Å². The number of likely N-dealkylation sites (tertiary alicyclic amines) is 1. The van der Waals surface area contributed by atoms with E-state index in [4.69, 9.17) is 4.74 Å². The fourth-order valence-electron chi connectivity index (χ4n) is 1.88. The van der Waals surface area contributed by atoms with E-state index < -0.39 is 12.2 Å². The summed E-state index contributed by atoms with van der Waals surface area (Å²) in [6, 6.07) is 0. The number of carbonyl (C=O) groups excluding carboxylic acids is 3. The van der Waals surface area contributed by atoms with Gasteiger partial charge in [-0.1, -0.05) is 6.08 Å². The minimum absolute atomic E-state index is 0.00967. The molecule has 1 aliphatic heterocycles. The van der Waals surface area contributed by atoms with Gasteiger partial charge in [-0.3, -0.25) is 9.59 Å². The van der Waals surface area contributed by atoms with E-state index in [0.717, 1.165) is 25.9 Å². The molecule has 0 N–H and O–H groups in total. The molecule has 1 aliphatic rings. The van der Waals surface area contributed by atoms with Crippen LogP contribution in [0.1, 0.15) is 25.7 Å². The van der Waals surface area contributed by atoms with Gasteiger partial charge in [0.1, 0.15) is 0 Å². The van der Waals surface area contributed by atoms with Gasteiger partial charge in [-0.2, -0.15) is 0 Å². The van der Waals surface area contributed by atoms with Crippen LogP contribution in [0.2, 0.25) is 0 Å². The van der Waals surface area contributed by atoms with Crippen LogP contribution in [0.3, 0.4) is 0 Å². The van der Waals surface area contributed by atoms with E-state index in [0.29, 0.717) is 19.1 Å². The van der Waals surface area contributed by atoms with Crippen molar-refractivity contribution >= 4 is 18.3 Å². The first-order valence-electron chi connectivity index (χ1n) is 6.83. The van der Waals surface area contributed by atoms with Crippen molar-refractivity contribution in [2.75, 3.05) is 27.2 Å². The molecule has 6 nitrogen and oxygen atoms in total. The molecule has 112 valence electrons. The van der Waals surface area contributed by atoms with E-state index in [1.807, 2.05) is 0 Å². The van der Waals surface area contributed by atoms with E-state index >= 15 is 0 Å². The van der Waals surface area contributed by atoms with Gasteiger partial charge in [-0.15, -0.1) is 0 Å². The Hall–Kier alpha value is -1.85. The number of allylic oxidation sites excluding steroid dienone is 1. The van der Waals surface area contributed by atoms with Crippen molar-refractivity contribution < 1.29 is 19.1 Å². The molecule has 20 heavy (non-hydrogen) atoms. The molecule has 1 heterocycles. The topological polar surface area (TPSA) is 66.9 Å². The second kappa shape index (κ2) is 8.35. The Bertz CT molecular complexity index is 373. The Balaban J connectivity index is 2.28. The van der Waals surface area contributed by atoms with Gasteiger partial charge < -0.3 is 14.5 Å². The summed E-state index contributed by atoms with van der Waals surface area (Å²) in [5, 5.41) is 0. The van der Waals surface area contributed by atoms with Gasteiger partial charge in [0, 0.05) is 27.2 Å². The normalized spacial score (nSPS) is 16.2. The maximum Gasteiger partial charge on any atom is 0.409 e. The largest absolute Gasteiger partial charge is 0.438 e. The number of hydrogen-bond acceptors (Lipinski definition) is 4. The first kappa shape index (κ1) is 16.2. The summed E-state index contributed by atoms with van der Waals surface area (Å²) < 4.78 is 4.96. The molecular weight excluding hydrogens is 260 g/mol. The highest BCUT2D eigenvalue weighted by Gasteiger charge is 2.16. The van der Waals surface area contributed by atoms with Crippen molar-refractivity contribution in [3.8, 4) is 0 Å². The first-order valence-corrected chi connectivity index (χ1v) is 6.83. The van der Waals surface area contributed by atoms with Crippen LogP contribution in [0.4, 0.5) is 4.79 Å². The minimum Gasteiger partial charge on any atom is -0.438 e. The lowest BCUT2D eigenvalue weighted by atomic mass is 10.2. The molecule has 1 fully saturated rings. The van der Waals surface area contributed by atoms with Gasteiger partial charge in [0.15, 0.2) is 12.4 Å². The average molecular weight is 282 g/mol. The first-order chi connectivity index (χ1) is 9.54. The molecule has 1 rings (SSSR count). The lowest BCUT2D eigenvalue weighted by Crippen LogP contribution is -2.28. The molecule has 0 aromatic heterocycles. The van der Waals surface area contributed by atoms with E-state index in [2.05, 4.69) is 0 Å². The third-order valence-corrected chi connectivity index (χ3v) is 3.07. The maximum atomic E-state index is 11.7. The van der Waals surface area contributed by atoms with Gasteiger partial charge in [0.2, 0.25) is 5.91 Å². The molecule has 6 heteroatoms. The second-order valence-corrected chi connectivity index (χ2v) is 4.96. The number of amides is 2. The van der Waals surface area contributed by atoms with Gasteiger partial charge in [0.05, 0.1) is 0 Å². The van der Waals surface area contributed by atoms with Crippen LogP contribution in [0, 0.1) is 0 Å². The smallest absolute Gasteiger partial charge is 0.409 e. The molecule has 0 aromatic rings. The number of carbonyl (C=O) groups is 3. The van der Waals surface area contributed by atoms with E-state index in [1.54, 1.807) is 25.1 Å². The van der Waals surface area contributed by atoms with Crippen LogP contribution >= 0.6 is 0 Å². The molecule has 0 aliphatic carbocycles. The van der Waals surface area contributed by atoms with Crippen LogP contribution in [0.15, 0.2) is 12.2 Å². The zero-order chi connectivity index (χ0) is 15.0. The Morgan fingerprint density at radius 3 is 2.50 bits per heavy atom. The Kier molecular flexibility index (Phi) is 6.76. The lowest BCUT2D eigenvalue weighted by Gasteiger charge is -2.15. The van der Waals surface area contributed by atoms with E-state index in [1.165, 1.54) is 11.0 Å². The van der Waals surface area contributed by atoms with Crippen LogP contribution in [-0.2, 0) is 14.3 Å². The second-order valence-electron chi connectivity index (χ2n) is 4.96. The molecule has 1 unspecified atom stereocenters. The van der Waals surface area contributed by atoms with Gasteiger partial charge in [0.25, 0.3) is 0 Å². The maximum absolute atomic E-state index is 11.7. The molecule has 1 atom stereocenters.